The van der Waals surface area contributed by atoms with Gasteiger partial charge in [0.05, 0.1) is 18.5 Å². The van der Waals surface area contributed by atoms with Crippen LogP contribution in [0.1, 0.15) is 5.69 Å². The first-order valence-electron chi connectivity index (χ1n) is 6.09. The Morgan fingerprint density at radius 2 is 1.85 bits per heavy atom. The molecule has 0 fully saturated rings. The zero-order valence-electron chi connectivity index (χ0n) is 11.1. The Morgan fingerprint density at radius 1 is 1.05 bits per heavy atom. The van der Waals surface area contributed by atoms with Gasteiger partial charge in [0, 0.05) is 11.3 Å². The number of benzene rings is 1. The Balaban J connectivity index is 1.95. The van der Waals surface area contributed by atoms with Gasteiger partial charge in [-0.15, -0.1) is 0 Å². The zero-order chi connectivity index (χ0) is 14.1. The number of aromatic amines is 2. The van der Waals surface area contributed by atoms with E-state index in [9.17, 15) is 4.39 Å². The summed E-state index contributed by atoms with van der Waals surface area (Å²) in [4.78, 5) is 0. The topological polar surface area (TPSA) is 66.6 Å². The van der Waals surface area contributed by atoms with Crippen molar-refractivity contribution in [2.45, 2.75) is 6.92 Å². The standard InChI is InChI=1S/C14H13FN4O/c1-8-5-12(18-16-8)13-7-11(17-19-13)9-3-4-14(20-2)10(15)6-9/h3-7H,1-2H3,(H,16,18)(H,17,19). The lowest BCUT2D eigenvalue weighted by Gasteiger charge is -2.02. The summed E-state index contributed by atoms with van der Waals surface area (Å²) < 4.78 is 18.6. The molecule has 0 atom stereocenters. The van der Waals surface area contributed by atoms with Crippen LogP contribution in [0.2, 0.25) is 0 Å². The van der Waals surface area contributed by atoms with Crippen molar-refractivity contribution in [3.63, 3.8) is 0 Å². The van der Waals surface area contributed by atoms with Crippen molar-refractivity contribution < 1.29 is 9.13 Å². The number of hydrogen-bond donors (Lipinski definition) is 2. The van der Waals surface area contributed by atoms with E-state index in [1.54, 1.807) is 12.1 Å². The summed E-state index contributed by atoms with van der Waals surface area (Å²) >= 11 is 0. The third kappa shape index (κ3) is 2.16. The predicted octanol–water partition coefficient (Wildman–Crippen LogP) is 2.92. The predicted molar refractivity (Wildman–Crippen MR) is 72.9 cm³/mol. The summed E-state index contributed by atoms with van der Waals surface area (Å²) in [5.41, 5.74) is 3.85. The van der Waals surface area contributed by atoms with Crippen molar-refractivity contribution >= 4 is 0 Å². The van der Waals surface area contributed by atoms with E-state index < -0.39 is 5.82 Å². The minimum atomic E-state index is -0.412. The second kappa shape index (κ2) is 4.80. The number of methoxy groups -OCH3 is 1. The molecule has 102 valence electrons. The van der Waals surface area contributed by atoms with Gasteiger partial charge in [-0.25, -0.2) is 4.39 Å². The Kier molecular flexibility index (Phi) is 2.98. The van der Waals surface area contributed by atoms with Gasteiger partial charge in [-0.1, -0.05) is 0 Å². The quantitative estimate of drug-likeness (QED) is 0.770. The Labute approximate surface area is 114 Å². The lowest BCUT2D eigenvalue weighted by molar-refractivity contribution is 0.386. The monoisotopic (exact) mass is 272 g/mol. The van der Waals surface area contributed by atoms with Crippen molar-refractivity contribution in [1.82, 2.24) is 20.4 Å². The molecule has 0 radical (unpaired) electrons. The Hall–Kier alpha value is -2.63. The van der Waals surface area contributed by atoms with E-state index >= 15 is 0 Å². The highest BCUT2D eigenvalue weighted by atomic mass is 19.1. The van der Waals surface area contributed by atoms with Gasteiger partial charge in [-0.2, -0.15) is 10.2 Å². The lowest BCUT2D eigenvalue weighted by atomic mass is 10.1. The van der Waals surface area contributed by atoms with Crippen LogP contribution in [-0.4, -0.2) is 27.5 Å². The van der Waals surface area contributed by atoms with E-state index in [0.717, 1.165) is 17.1 Å². The minimum Gasteiger partial charge on any atom is -0.494 e. The molecule has 0 saturated heterocycles. The molecular weight excluding hydrogens is 259 g/mol. The lowest BCUT2D eigenvalue weighted by Crippen LogP contribution is -1.88. The van der Waals surface area contributed by atoms with E-state index in [0.29, 0.717) is 11.3 Å². The highest BCUT2D eigenvalue weighted by Crippen LogP contribution is 2.26. The van der Waals surface area contributed by atoms with Gasteiger partial charge >= 0.3 is 0 Å². The Morgan fingerprint density at radius 3 is 2.50 bits per heavy atom. The molecule has 6 heteroatoms. The first-order valence-corrected chi connectivity index (χ1v) is 6.09. The molecular formula is C14H13FN4O. The summed E-state index contributed by atoms with van der Waals surface area (Å²) in [6.07, 6.45) is 0. The minimum absolute atomic E-state index is 0.215. The van der Waals surface area contributed by atoms with Gasteiger partial charge in [0.2, 0.25) is 0 Å². The molecule has 0 spiro atoms. The van der Waals surface area contributed by atoms with Crippen LogP contribution in [0.3, 0.4) is 0 Å². The summed E-state index contributed by atoms with van der Waals surface area (Å²) in [5, 5.41) is 14.1. The summed E-state index contributed by atoms with van der Waals surface area (Å²) in [5.74, 6) is -0.197. The molecule has 0 aliphatic carbocycles. The van der Waals surface area contributed by atoms with E-state index in [-0.39, 0.29) is 5.75 Å². The molecule has 0 saturated carbocycles. The normalized spacial score (nSPS) is 10.8. The van der Waals surface area contributed by atoms with E-state index in [1.165, 1.54) is 13.2 Å². The number of H-pyrrole nitrogens is 2. The SMILES string of the molecule is COc1ccc(-c2cc(-c3cc(C)[nH]n3)[nH]n2)cc1F. The molecule has 0 amide bonds. The summed E-state index contributed by atoms with van der Waals surface area (Å²) in [6.45, 7) is 1.92. The van der Waals surface area contributed by atoms with Crippen LogP contribution in [0.4, 0.5) is 4.39 Å². The second-order valence-electron chi connectivity index (χ2n) is 4.45. The largest absolute Gasteiger partial charge is 0.494 e. The van der Waals surface area contributed by atoms with Gasteiger partial charge < -0.3 is 4.74 Å². The molecule has 2 aromatic heterocycles. The molecule has 2 heterocycles. The molecule has 0 unspecified atom stereocenters. The molecule has 3 rings (SSSR count). The third-order valence-corrected chi connectivity index (χ3v) is 3.01. The van der Waals surface area contributed by atoms with Gasteiger partial charge in [0.1, 0.15) is 5.69 Å². The summed E-state index contributed by atoms with van der Waals surface area (Å²) in [6, 6.07) is 8.48. The maximum atomic E-state index is 13.7. The average molecular weight is 272 g/mol. The van der Waals surface area contributed by atoms with Gasteiger partial charge in [0.15, 0.2) is 11.6 Å². The first-order chi connectivity index (χ1) is 9.67. The van der Waals surface area contributed by atoms with E-state index in [2.05, 4.69) is 20.4 Å². The molecule has 0 bridgehead atoms. The summed E-state index contributed by atoms with van der Waals surface area (Å²) in [7, 11) is 1.44. The number of hydrogen-bond acceptors (Lipinski definition) is 3. The van der Waals surface area contributed by atoms with Crippen molar-refractivity contribution in [2.24, 2.45) is 0 Å². The molecule has 1 aromatic carbocycles. The Bertz CT molecular complexity index is 747. The van der Waals surface area contributed by atoms with Crippen molar-refractivity contribution in [3.05, 3.63) is 41.8 Å². The maximum absolute atomic E-state index is 13.7. The van der Waals surface area contributed by atoms with Crippen LogP contribution in [0.25, 0.3) is 22.6 Å². The van der Waals surface area contributed by atoms with Gasteiger partial charge in [-0.05, 0) is 37.3 Å². The molecule has 0 aliphatic heterocycles. The van der Waals surface area contributed by atoms with E-state index in [4.69, 9.17) is 4.74 Å². The fourth-order valence-corrected chi connectivity index (χ4v) is 1.98. The number of nitrogens with one attached hydrogen (secondary N) is 2. The fraction of sp³-hybridized carbons (Fsp3) is 0.143. The molecule has 20 heavy (non-hydrogen) atoms. The zero-order valence-corrected chi connectivity index (χ0v) is 11.1. The fourth-order valence-electron chi connectivity index (χ4n) is 1.98. The van der Waals surface area contributed by atoms with Crippen molar-refractivity contribution in [3.8, 4) is 28.4 Å². The molecule has 5 nitrogen and oxygen atoms in total. The number of rotatable bonds is 3. The number of aryl methyl sites for hydroxylation is 1. The third-order valence-electron chi connectivity index (χ3n) is 3.01. The number of aromatic nitrogens is 4. The maximum Gasteiger partial charge on any atom is 0.165 e. The first kappa shape index (κ1) is 12.4. The average Bonchev–Trinajstić information content (AvgIpc) is 3.07. The van der Waals surface area contributed by atoms with E-state index in [1.807, 2.05) is 19.1 Å². The van der Waals surface area contributed by atoms with Crippen molar-refractivity contribution in [1.29, 1.82) is 0 Å². The van der Waals surface area contributed by atoms with Gasteiger partial charge in [0.25, 0.3) is 0 Å². The van der Waals surface area contributed by atoms with Crippen molar-refractivity contribution in [2.75, 3.05) is 7.11 Å². The van der Waals surface area contributed by atoms with Crippen LogP contribution < -0.4 is 4.74 Å². The molecule has 2 N–H and O–H groups in total. The van der Waals surface area contributed by atoms with Crippen LogP contribution in [0, 0.1) is 12.7 Å². The van der Waals surface area contributed by atoms with Crippen LogP contribution in [-0.2, 0) is 0 Å². The second-order valence-corrected chi connectivity index (χ2v) is 4.45. The smallest absolute Gasteiger partial charge is 0.165 e. The highest BCUT2D eigenvalue weighted by Gasteiger charge is 2.10. The highest BCUT2D eigenvalue weighted by molar-refractivity contribution is 5.67. The number of ether oxygens (including phenoxy) is 1. The molecule has 3 aromatic rings. The van der Waals surface area contributed by atoms with Crippen LogP contribution in [0.15, 0.2) is 30.3 Å². The van der Waals surface area contributed by atoms with Crippen LogP contribution >= 0.6 is 0 Å². The van der Waals surface area contributed by atoms with Crippen LogP contribution in [0.5, 0.6) is 5.75 Å². The number of halogens is 1. The van der Waals surface area contributed by atoms with Gasteiger partial charge in [-0.3, -0.25) is 10.2 Å². The molecule has 0 aliphatic rings. The number of nitrogens with zero attached hydrogens (tertiary/aromatic N) is 2.